The molecular formula is C9H7N3S2. The quantitative estimate of drug-likeness (QED) is 0.845. The molecule has 0 radical (unpaired) electrons. The molecule has 70 valence electrons. The van der Waals surface area contributed by atoms with E-state index in [1.165, 1.54) is 11.3 Å². The summed E-state index contributed by atoms with van der Waals surface area (Å²) < 4.78 is 0. The van der Waals surface area contributed by atoms with Crippen LogP contribution in [-0.2, 0) is 6.54 Å². The summed E-state index contributed by atoms with van der Waals surface area (Å²) in [6, 6.07) is 6.04. The highest BCUT2D eigenvalue weighted by Gasteiger charge is 2.12. The Morgan fingerprint density at radius 1 is 1.57 bits per heavy atom. The fraction of sp³-hybridized carbons (Fsp3) is 0.111. The van der Waals surface area contributed by atoms with Crippen molar-refractivity contribution in [2.75, 3.05) is 0 Å². The van der Waals surface area contributed by atoms with Gasteiger partial charge in [0.2, 0.25) is 0 Å². The van der Waals surface area contributed by atoms with E-state index < -0.39 is 0 Å². The highest BCUT2D eigenvalue weighted by Crippen LogP contribution is 2.32. The van der Waals surface area contributed by atoms with Crippen LogP contribution >= 0.6 is 22.7 Å². The van der Waals surface area contributed by atoms with Crippen molar-refractivity contribution in [3.63, 3.8) is 0 Å². The van der Waals surface area contributed by atoms with Crippen LogP contribution in [-0.4, -0.2) is 4.98 Å². The van der Waals surface area contributed by atoms with E-state index >= 15 is 0 Å². The lowest BCUT2D eigenvalue weighted by atomic mass is 10.3. The van der Waals surface area contributed by atoms with Crippen LogP contribution in [0.3, 0.4) is 0 Å². The number of nitriles is 1. The first-order valence-corrected chi connectivity index (χ1v) is 5.68. The lowest BCUT2D eigenvalue weighted by Crippen LogP contribution is -1.94. The van der Waals surface area contributed by atoms with Gasteiger partial charge in [0.15, 0.2) is 5.69 Å². The van der Waals surface area contributed by atoms with Crippen molar-refractivity contribution in [3.05, 3.63) is 28.2 Å². The maximum absolute atomic E-state index is 8.88. The Morgan fingerprint density at radius 2 is 2.43 bits per heavy atom. The minimum atomic E-state index is 0.394. The van der Waals surface area contributed by atoms with Crippen LogP contribution in [0, 0.1) is 11.3 Å². The second-order valence-electron chi connectivity index (χ2n) is 2.58. The molecule has 14 heavy (non-hydrogen) atoms. The predicted octanol–water partition coefficient (Wildman–Crippen LogP) is 2.20. The maximum Gasteiger partial charge on any atom is 0.160 e. The molecule has 0 unspecified atom stereocenters. The van der Waals surface area contributed by atoms with Crippen LogP contribution in [0.1, 0.15) is 10.7 Å². The van der Waals surface area contributed by atoms with Crippen LogP contribution in [0.4, 0.5) is 0 Å². The molecule has 0 amide bonds. The van der Waals surface area contributed by atoms with Gasteiger partial charge in [-0.2, -0.15) is 5.26 Å². The molecule has 0 bridgehead atoms. The average molecular weight is 221 g/mol. The van der Waals surface area contributed by atoms with Gasteiger partial charge in [-0.3, -0.25) is 0 Å². The largest absolute Gasteiger partial charge is 0.325 e. The Labute approximate surface area is 89.5 Å². The average Bonchev–Trinajstić information content (AvgIpc) is 2.85. The van der Waals surface area contributed by atoms with Gasteiger partial charge in [0, 0.05) is 11.4 Å². The summed E-state index contributed by atoms with van der Waals surface area (Å²) in [6.07, 6.45) is 0. The molecule has 0 aliphatic carbocycles. The monoisotopic (exact) mass is 221 g/mol. The molecule has 0 saturated carbocycles. The van der Waals surface area contributed by atoms with Gasteiger partial charge in [-0.05, 0) is 11.4 Å². The number of nitrogens with two attached hydrogens (primary N) is 1. The van der Waals surface area contributed by atoms with Gasteiger partial charge in [-0.1, -0.05) is 6.07 Å². The smallest absolute Gasteiger partial charge is 0.160 e. The highest BCUT2D eigenvalue weighted by molar-refractivity contribution is 7.21. The molecule has 3 nitrogen and oxygen atoms in total. The Morgan fingerprint density at radius 3 is 3.00 bits per heavy atom. The predicted molar refractivity (Wildman–Crippen MR) is 58.0 cm³/mol. The van der Waals surface area contributed by atoms with Crippen molar-refractivity contribution in [2.45, 2.75) is 6.54 Å². The zero-order valence-corrected chi connectivity index (χ0v) is 8.86. The molecule has 0 fully saturated rings. The second kappa shape index (κ2) is 3.88. The molecule has 2 aromatic heterocycles. The SMILES string of the molecule is N#Cc1nc(CN)sc1-c1cccs1. The van der Waals surface area contributed by atoms with Gasteiger partial charge < -0.3 is 5.73 Å². The fourth-order valence-corrected chi connectivity index (χ4v) is 2.85. The van der Waals surface area contributed by atoms with Gasteiger partial charge in [0.1, 0.15) is 11.1 Å². The summed E-state index contributed by atoms with van der Waals surface area (Å²) in [7, 11) is 0. The molecule has 0 aliphatic rings. The third-order valence-corrected chi connectivity index (χ3v) is 3.82. The first-order valence-electron chi connectivity index (χ1n) is 3.99. The molecule has 2 aromatic rings. The number of nitrogens with zero attached hydrogens (tertiary/aromatic N) is 2. The lowest BCUT2D eigenvalue weighted by Gasteiger charge is -1.88. The Balaban J connectivity index is 2.53. The zero-order valence-electron chi connectivity index (χ0n) is 7.23. The summed E-state index contributed by atoms with van der Waals surface area (Å²) in [5.74, 6) is 0. The second-order valence-corrected chi connectivity index (χ2v) is 4.61. The van der Waals surface area contributed by atoms with Crippen molar-refractivity contribution >= 4 is 22.7 Å². The van der Waals surface area contributed by atoms with E-state index in [1.54, 1.807) is 11.3 Å². The van der Waals surface area contributed by atoms with Gasteiger partial charge >= 0.3 is 0 Å². The molecule has 0 spiro atoms. The minimum Gasteiger partial charge on any atom is -0.325 e. The number of thiazole rings is 1. The van der Waals surface area contributed by atoms with Crippen molar-refractivity contribution in [1.29, 1.82) is 5.26 Å². The van der Waals surface area contributed by atoms with E-state index in [2.05, 4.69) is 11.1 Å². The van der Waals surface area contributed by atoms with Crippen molar-refractivity contribution in [1.82, 2.24) is 4.98 Å². The third kappa shape index (κ3) is 1.55. The molecular weight excluding hydrogens is 214 g/mol. The Hall–Kier alpha value is -1.22. The maximum atomic E-state index is 8.88. The molecule has 2 heterocycles. The number of hydrogen-bond acceptors (Lipinski definition) is 5. The molecule has 2 N–H and O–H groups in total. The van der Waals surface area contributed by atoms with Crippen molar-refractivity contribution < 1.29 is 0 Å². The lowest BCUT2D eigenvalue weighted by molar-refractivity contribution is 1.03. The van der Waals surface area contributed by atoms with Crippen molar-refractivity contribution in [3.8, 4) is 15.8 Å². The summed E-state index contributed by atoms with van der Waals surface area (Å²) in [5, 5.41) is 11.7. The number of hydrogen-bond donors (Lipinski definition) is 1. The van der Waals surface area contributed by atoms with E-state index in [0.717, 1.165) is 14.8 Å². The summed E-state index contributed by atoms with van der Waals surface area (Å²) in [4.78, 5) is 6.16. The van der Waals surface area contributed by atoms with E-state index in [1.807, 2.05) is 17.5 Å². The molecule has 0 aromatic carbocycles. The Kier molecular flexibility index (Phi) is 2.59. The molecule has 2 rings (SSSR count). The standard InChI is InChI=1S/C9H7N3S2/c10-4-6-9(7-2-1-3-13-7)14-8(5-11)12-6/h1-3H,5,11H2. The summed E-state index contributed by atoms with van der Waals surface area (Å²) in [6.45, 7) is 0.394. The van der Waals surface area contributed by atoms with E-state index in [-0.39, 0.29) is 0 Å². The number of aromatic nitrogens is 1. The van der Waals surface area contributed by atoms with Gasteiger partial charge in [0.05, 0.1) is 4.88 Å². The molecule has 5 heteroatoms. The first kappa shape index (κ1) is 9.34. The van der Waals surface area contributed by atoms with Crippen LogP contribution in [0.2, 0.25) is 0 Å². The van der Waals surface area contributed by atoms with Gasteiger partial charge in [-0.15, -0.1) is 22.7 Å². The highest BCUT2D eigenvalue weighted by atomic mass is 32.1. The number of rotatable bonds is 2. The van der Waals surface area contributed by atoms with Crippen molar-refractivity contribution in [2.24, 2.45) is 5.73 Å². The van der Waals surface area contributed by atoms with E-state index in [9.17, 15) is 0 Å². The van der Waals surface area contributed by atoms with Crippen LogP contribution in [0.5, 0.6) is 0 Å². The first-order chi connectivity index (χ1) is 6.85. The summed E-state index contributed by atoms with van der Waals surface area (Å²) in [5.41, 5.74) is 5.97. The Bertz CT molecular complexity index is 465. The molecule has 0 aliphatic heterocycles. The summed E-state index contributed by atoms with van der Waals surface area (Å²) >= 11 is 3.10. The fourth-order valence-electron chi connectivity index (χ4n) is 1.10. The van der Waals surface area contributed by atoms with Crippen LogP contribution < -0.4 is 5.73 Å². The van der Waals surface area contributed by atoms with Gasteiger partial charge in [-0.25, -0.2) is 4.98 Å². The molecule has 0 atom stereocenters. The van der Waals surface area contributed by atoms with E-state index in [0.29, 0.717) is 12.2 Å². The number of thiophene rings is 1. The molecule has 0 saturated heterocycles. The van der Waals surface area contributed by atoms with Crippen LogP contribution in [0.25, 0.3) is 9.75 Å². The van der Waals surface area contributed by atoms with Crippen LogP contribution in [0.15, 0.2) is 17.5 Å². The topological polar surface area (TPSA) is 62.7 Å². The zero-order chi connectivity index (χ0) is 9.97. The van der Waals surface area contributed by atoms with E-state index in [4.69, 9.17) is 11.0 Å². The third-order valence-electron chi connectivity index (χ3n) is 1.70. The van der Waals surface area contributed by atoms with Gasteiger partial charge in [0.25, 0.3) is 0 Å². The normalized spacial score (nSPS) is 10.0. The minimum absolute atomic E-state index is 0.394.